The van der Waals surface area contributed by atoms with Crippen LogP contribution in [0.15, 0.2) is 18.5 Å². The molecule has 0 spiro atoms. The molecule has 0 aromatic carbocycles. The maximum absolute atomic E-state index is 11.8. The second kappa shape index (κ2) is 5.66. The summed E-state index contributed by atoms with van der Waals surface area (Å²) in [5.41, 5.74) is -2.16. The largest absolute Gasteiger partial charge is 0.464 e. The van der Waals surface area contributed by atoms with Gasteiger partial charge >= 0.3 is 12.1 Å². The smallest absolute Gasteiger partial charge is 0.418 e. The van der Waals surface area contributed by atoms with Crippen LogP contribution in [0.5, 0.6) is 0 Å². The molecule has 1 aromatic heterocycles. The summed E-state index contributed by atoms with van der Waals surface area (Å²) in [4.78, 5) is 23.5. The van der Waals surface area contributed by atoms with Crippen molar-refractivity contribution in [3.05, 3.63) is 24.0 Å². The molecule has 1 atom stereocenters. The van der Waals surface area contributed by atoms with Crippen LogP contribution < -0.4 is 0 Å². The Hall–Kier alpha value is -1.82. The zero-order valence-electron chi connectivity index (χ0n) is 12.5. The fourth-order valence-electron chi connectivity index (χ4n) is 1.50. The van der Waals surface area contributed by atoms with E-state index < -0.39 is 23.3 Å². The van der Waals surface area contributed by atoms with E-state index in [9.17, 15) is 14.7 Å². The molecule has 0 saturated carbocycles. The Labute approximate surface area is 118 Å². The molecule has 1 heterocycles. The van der Waals surface area contributed by atoms with Crippen molar-refractivity contribution in [2.75, 3.05) is 6.61 Å². The van der Waals surface area contributed by atoms with Gasteiger partial charge in [0, 0.05) is 18.0 Å². The normalized spacial score (nSPS) is 14.5. The molecule has 0 aliphatic heterocycles. The van der Waals surface area contributed by atoms with Gasteiger partial charge in [0.15, 0.2) is 5.60 Å². The number of aromatic nitrogens is 1. The molecule has 0 radical (unpaired) electrons. The number of nitrogens with zero attached hydrogens (tertiary/aromatic N) is 1. The molecule has 20 heavy (non-hydrogen) atoms. The molecule has 0 unspecified atom stereocenters. The highest BCUT2D eigenvalue weighted by Crippen LogP contribution is 2.23. The molecule has 6 nitrogen and oxygen atoms in total. The van der Waals surface area contributed by atoms with Crippen LogP contribution in [-0.2, 0) is 19.9 Å². The number of aliphatic hydroxyl groups is 1. The van der Waals surface area contributed by atoms with E-state index in [1.165, 1.54) is 30.0 Å². The van der Waals surface area contributed by atoms with Crippen molar-refractivity contribution in [1.29, 1.82) is 0 Å². The Morgan fingerprint density at radius 3 is 2.40 bits per heavy atom. The van der Waals surface area contributed by atoms with Crippen molar-refractivity contribution in [2.24, 2.45) is 0 Å². The number of ether oxygens (including phenoxy) is 2. The van der Waals surface area contributed by atoms with Gasteiger partial charge in [-0.15, -0.1) is 0 Å². The van der Waals surface area contributed by atoms with Gasteiger partial charge in [-0.1, -0.05) is 0 Å². The van der Waals surface area contributed by atoms with E-state index in [4.69, 9.17) is 9.47 Å². The first-order valence-electron chi connectivity index (χ1n) is 6.39. The van der Waals surface area contributed by atoms with E-state index in [2.05, 4.69) is 0 Å². The fourth-order valence-corrected chi connectivity index (χ4v) is 1.50. The molecule has 0 bridgehead atoms. The van der Waals surface area contributed by atoms with Crippen LogP contribution in [0.3, 0.4) is 0 Å². The van der Waals surface area contributed by atoms with Gasteiger partial charge in [-0.05, 0) is 40.7 Å². The lowest BCUT2D eigenvalue weighted by Crippen LogP contribution is -2.34. The molecule has 6 heteroatoms. The minimum absolute atomic E-state index is 0.168. The summed E-state index contributed by atoms with van der Waals surface area (Å²) in [6.07, 6.45) is 2.20. The van der Waals surface area contributed by atoms with E-state index in [1.807, 2.05) is 0 Å². The van der Waals surface area contributed by atoms with Crippen LogP contribution in [0.4, 0.5) is 4.79 Å². The molecular weight excluding hydrogens is 262 g/mol. The predicted molar refractivity (Wildman–Crippen MR) is 72.3 cm³/mol. The maximum Gasteiger partial charge on any atom is 0.418 e. The van der Waals surface area contributed by atoms with Gasteiger partial charge in [0.2, 0.25) is 0 Å². The van der Waals surface area contributed by atoms with E-state index in [-0.39, 0.29) is 12.2 Å². The average Bonchev–Trinajstić information content (AvgIpc) is 2.76. The predicted octanol–water partition coefficient (Wildman–Crippen LogP) is 2.04. The number of hydrogen-bond donors (Lipinski definition) is 1. The first kappa shape index (κ1) is 16.2. The van der Waals surface area contributed by atoms with Gasteiger partial charge in [0.1, 0.15) is 5.60 Å². The summed E-state index contributed by atoms with van der Waals surface area (Å²) in [6.45, 7) is 8.40. The second-order valence-electron chi connectivity index (χ2n) is 5.58. The summed E-state index contributed by atoms with van der Waals surface area (Å²) in [6, 6.07) is 1.47. The van der Waals surface area contributed by atoms with Crippen LogP contribution in [0.25, 0.3) is 0 Å². The first-order chi connectivity index (χ1) is 9.08. The number of rotatable bonds is 3. The van der Waals surface area contributed by atoms with Crippen molar-refractivity contribution in [2.45, 2.75) is 45.8 Å². The van der Waals surface area contributed by atoms with Gasteiger partial charge in [-0.3, -0.25) is 4.57 Å². The number of carbonyl (C=O) groups is 2. The molecular formula is C14H21NO5. The monoisotopic (exact) mass is 283 g/mol. The number of esters is 1. The zero-order valence-corrected chi connectivity index (χ0v) is 12.5. The Bertz CT molecular complexity index is 496. The standard InChI is InChI=1S/C14H21NO5/c1-6-19-11(16)14(5,18)10-7-8-15(9-10)12(17)20-13(2,3)4/h7-9,18H,6H2,1-5H3/t14-/m0/s1. The highest BCUT2D eigenvalue weighted by atomic mass is 16.6. The highest BCUT2D eigenvalue weighted by Gasteiger charge is 2.35. The molecule has 0 aliphatic carbocycles. The maximum atomic E-state index is 11.8. The van der Waals surface area contributed by atoms with E-state index in [0.717, 1.165) is 0 Å². The third-order valence-electron chi connectivity index (χ3n) is 2.53. The van der Waals surface area contributed by atoms with Crippen molar-refractivity contribution in [1.82, 2.24) is 4.57 Å². The Morgan fingerprint density at radius 1 is 1.30 bits per heavy atom. The highest BCUT2D eigenvalue weighted by molar-refractivity contribution is 5.81. The van der Waals surface area contributed by atoms with Crippen LogP contribution in [0.1, 0.15) is 40.2 Å². The molecule has 0 saturated heterocycles. The van der Waals surface area contributed by atoms with Crippen LogP contribution in [0, 0.1) is 0 Å². The SMILES string of the molecule is CCOC(=O)[C@@](C)(O)c1ccn(C(=O)OC(C)(C)C)c1. The van der Waals surface area contributed by atoms with Gasteiger partial charge in [-0.2, -0.15) is 0 Å². The lowest BCUT2D eigenvalue weighted by atomic mass is 10.00. The summed E-state index contributed by atoms with van der Waals surface area (Å²) in [7, 11) is 0. The van der Waals surface area contributed by atoms with Crippen molar-refractivity contribution in [3.8, 4) is 0 Å². The van der Waals surface area contributed by atoms with E-state index in [1.54, 1.807) is 27.7 Å². The summed E-state index contributed by atoms with van der Waals surface area (Å²) in [5.74, 6) is -0.762. The fraction of sp³-hybridized carbons (Fsp3) is 0.571. The average molecular weight is 283 g/mol. The third kappa shape index (κ3) is 3.84. The van der Waals surface area contributed by atoms with E-state index in [0.29, 0.717) is 0 Å². The Kier molecular flexibility index (Phi) is 4.60. The molecule has 1 rings (SSSR count). The Balaban J connectivity index is 2.92. The summed E-state index contributed by atoms with van der Waals surface area (Å²) >= 11 is 0. The molecule has 1 aromatic rings. The minimum atomic E-state index is -1.80. The topological polar surface area (TPSA) is 77.8 Å². The molecule has 0 amide bonds. The number of hydrogen-bond acceptors (Lipinski definition) is 5. The lowest BCUT2D eigenvalue weighted by molar-refractivity contribution is -0.164. The van der Waals surface area contributed by atoms with Crippen LogP contribution >= 0.6 is 0 Å². The van der Waals surface area contributed by atoms with Gasteiger partial charge in [-0.25, -0.2) is 9.59 Å². The van der Waals surface area contributed by atoms with Gasteiger partial charge in [0.25, 0.3) is 0 Å². The quantitative estimate of drug-likeness (QED) is 0.859. The molecule has 0 aliphatic rings. The van der Waals surface area contributed by atoms with Crippen molar-refractivity contribution < 1.29 is 24.2 Å². The molecule has 1 N–H and O–H groups in total. The first-order valence-corrected chi connectivity index (χ1v) is 6.39. The summed E-state index contributed by atoms with van der Waals surface area (Å²) in [5, 5.41) is 10.2. The summed E-state index contributed by atoms with van der Waals surface area (Å²) < 4.78 is 11.2. The van der Waals surface area contributed by atoms with E-state index >= 15 is 0 Å². The van der Waals surface area contributed by atoms with Crippen LogP contribution in [-0.4, -0.2) is 33.9 Å². The minimum Gasteiger partial charge on any atom is -0.464 e. The van der Waals surface area contributed by atoms with Gasteiger partial charge < -0.3 is 14.6 Å². The zero-order chi connectivity index (χ0) is 15.6. The Morgan fingerprint density at radius 2 is 1.90 bits per heavy atom. The second-order valence-corrected chi connectivity index (χ2v) is 5.58. The molecule has 112 valence electrons. The number of carbonyl (C=O) groups excluding carboxylic acids is 2. The lowest BCUT2D eigenvalue weighted by Gasteiger charge is -2.20. The van der Waals surface area contributed by atoms with Gasteiger partial charge in [0.05, 0.1) is 6.61 Å². The van der Waals surface area contributed by atoms with Crippen molar-refractivity contribution in [3.63, 3.8) is 0 Å². The van der Waals surface area contributed by atoms with Crippen LogP contribution in [0.2, 0.25) is 0 Å². The molecule has 0 fully saturated rings. The van der Waals surface area contributed by atoms with Crippen molar-refractivity contribution >= 4 is 12.1 Å². The third-order valence-corrected chi connectivity index (χ3v) is 2.53.